The molecule has 0 spiro atoms. The van der Waals surface area contributed by atoms with E-state index in [1.807, 2.05) is 0 Å². The Hall–Kier alpha value is -0.570. The minimum atomic E-state index is 0.106. The van der Waals surface area contributed by atoms with Gasteiger partial charge in [0.2, 0.25) is 5.91 Å². The Kier molecular flexibility index (Phi) is 4.22. The largest absolute Gasteiger partial charge is 0.338 e. The number of nitrogens with one attached hydrogen (secondary N) is 1. The van der Waals surface area contributed by atoms with Crippen molar-refractivity contribution < 1.29 is 4.79 Å². The van der Waals surface area contributed by atoms with Gasteiger partial charge in [-0.2, -0.15) is 0 Å². The molecule has 3 nitrogen and oxygen atoms in total. The monoisotopic (exact) mass is 224 g/mol. The summed E-state index contributed by atoms with van der Waals surface area (Å²) in [7, 11) is 0. The second-order valence-corrected chi connectivity index (χ2v) is 5.09. The maximum atomic E-state index is 12.4. The Labute approximate surface area is 98.6 Å². The van der Waals surface area contributed by atoms with Gasteiger partial charge in [-0.3, -0.25) is 4.79 Å². The number of nitrogens with zero attached hydrogens (tertiary/aromatic N) is 1. The molecule has 2 saturated heterocycles. The van der Waals surface area contributed by atoms with Crippen molar-refractivity contribution in [3.63, 3.8) is 0 Å². The van der Waals surface area contributed by atoms with E-state index in [2.05, 4.69) is 17.1 Å². The van der Waals surface area contributed by atoms with Crippen LogP contribution in [0.15, 0.2) is 0 Å². The van der Waals surface area contributed by atoms with Crippen molar-refractivity contribution >= 4 is 5.91 Å². The van der Waals surface area contributed by atoms with Crippen LogP contribution in [0.3, 0.4) is 0 Å². The third-order valence-electron chi connectivity index (χ3n) is 3.99. The number of hydrogen-bond acceptors (Lipinski definition) is 2. The molecule has 0 aromatic rings. The van der Waals surface area contributed by atoms with Crippen LogP contribution in [-0.4, -0.2) is 36.0 Å². The van der Waals surface area contributed by atoms with Gasteiger partial charge in [0.1, 0.15) is 0 Å². The molecule has 0 aromatic heterocycles. The van der Waals surface area contributed by atoms with E-state index in [0.717, 1.165) is 25.9 Å². The summed E-state index contributed by atoms with van der Waals surface area (Å²) in [5, 5.41) is 3.41. The summed E-state index contributed by atoms with van der Waals surface area (Å²) in [4.78, 5) is 14.5. The zero-order valence-electron chi connectivity index (χ0n) is 10.4. The topological polar surface area (TPSA) is 32.3 Å². The summed E-state index contributed by atoms with van der Waals surface area (Å²) in [6, 6.07) is 0.618. The van der Waals surface area contributed by atoms with E-state index in [1.54, 1.807) is 0 Å². The molecule has 92 valence electrons. The molecule has 2 rings (SSSR count). The first-order valence-corrected chi connectivity index (χ1v) is 6.86. The highest BCUT2D eigenvalue weighted by Gasteiger charge is 2.31. The molecule has 2 atom stereocenters. The Morgan fingerprint density at radius 3 is 2.94 bits per heavy atom. The van der Waals surface area contributed by atoms with Crippen molar-refractivity contribution in [2.24, 2.45) is 0 Å². The Balaban J connectivity index is 1.94. The quantitative estimate of drug-likeness (QED) is 0.777. The van der Waals surface area contributed by atoms with E-state index in [-0.39, 0.29) is 6.04 Å². The molecule has 0 radical (unpaired) electrons. The summed E-state index contributed by atoms with van der Waals surface area (Å²) in [6.45, 7) is 4.19. The zero-order chi connectivity index (χ0) is 11.4. The second kappa shape index (κ2) is 5.67. The summed E-state index contributed by atoms with van der Waals surface area (Å²) in [5.41, 5.74) is 0. The predicted molar refractivity (Wildman–Crippen MR) is 65.3 cm³/mol. The fraction of sp³-hybridized carbons (Fsp3) is 0.923. The average Bonchev–Trinajstić information content (AvgIpc) is 2.61. The lowest BCUT2D eigenvalue weighted by atomic mass is 10.1. The van der Waals surface area contributed by atoms with Crippen LogP contribution < -0.4 is 5.32 Å². The highest BCUT2D eigenvalue weighted by atomic mass is 16.2. The first-order valence-electron chi connectivity index (χ1n) is 6.86. The maximum absolute atomic E-state index is 12.4. The van der Waals surface area contributed by atoms with Gasteiger partial charge >= 0.3 is 0 Å². The molecule has 0 aromatic carbocycles. The van der Waals surface area contributed by atoms with Gasteiger partial charge in [0.05, 0.1) is 6.04 Å². The van der Waals surface area contributed by atoms with Crippen molar-refractivity contribution in [3.8, 4) is 0 Å². The number of rotatable bonds is 2. The average molecular weight is 224 g/mol. The van der Waals surface area contributed by atoms with Crippen LogP contribution in [0.4, 0.5) is 0 Å². The van der Waals surface area contributed by atoms with Gasteiger partial charge in [0.15, 0.2) is 0 Å². The van der Waals surface area contributed by atoms with E-state index in [0.29, 0.717) is 11.9 Å². The van der Waals surface area contributed by atoms with Gasteiger partial charge < -0.3 is 10.2 Å². The van der Waals surface area contributed by atoms with Crippen molar-refractivity contribution in [3.05, 3.63) is 0 Å². The van der Waals surface area contributed by atoms with Crippen LogP contribution in [-0.2, 0) is 4.79 Å². The molecule has 2 aliphatic rings. The van der Waals surface area contributed by atoms with Crippen LogP contribution >= 0.6 is 0 Å². The van der Waals surface area contributed by atoms with Gasteiger partial charge in [-0.25, -0.2) is 0 Å². The minimum absolute atomic E-state index is 0.106. The number of carbonyl (C=O) groups excluding carboxylic acids is 1. The molecule has 2 unspecified atom stereocenters. The van der Waals surface area contributed by atoms with Crippen molar-refractivity contribution in [2.75, 3.05) is 13.1 Å². The number of amides is 1. The minimum Gasteiger partial charge on any atom is -0.338 e. The number of carbonyl (C=O) groups is 1. The van der Waals surface area contributed by atoms with E-state index in [1.165, 1.54) is 32.1 Å². The van der Waals surface area contributed by atoms with Crippen LogP contribution in [0.25, 0.3) is 0 Å². The van der Waals surface area contributed by atoms with E-state index in [9.17, 15) is 4.79 Å². The molecule has 2 fully saturated rings. The predicted octanol–water partition coefficient (Wildman–Crippen LogP) is 1.92. The lowest BCUT2D eigenvalue weighted by molar-refractivity contribution is -0.134. The lowest BCUT2D eigenvalue weighted by Gasteiger charge is -2.28. The van der Waals surface area contributed by atoms with Gasteiger partial charge in [0, 0.05) is 12.6 Å². The summed E-state index contributed by atoms with van der Waals surface area (Å²) in [5.74, 6) is 0.367. The van der Waals surface area contributed by atoms with Crippen molar-refractivity contribution in [1.82, 2.24) is 10.2 Å². The van der Waals surface area contributed by atoms with Gasteiger partial charge in [-0.1, -0.05) is 19.8 Å². The fourth-order valence-corrected chi connectivity index (χ4v) is 2.99. The normalized spacial score (nSPS) is 31.4. The molecular formula is C13H24N2O. The third-order valence-corrected chi connectivity index (χ3v) is 3.99. The molecule has 0 saturated carbocycles. The molecule has 2 heterocycles. The van der Waals surface area contributed by atoms with Crippen LogP contribution in [0.2, 0.25) is 0 Å². The molecule has 0 aliphatic carbocycles. The Bertz CT molecular complexity index is 234. The Morgan fingerprint density at radius 1 is 1.25 bits per heavy atom. The van der Waals surface area contributed by atoms with Crippen LogP contribution in [0.1, 0.15) is 51.9 Å². The van der Waals surface area contributed by atoms with Crippen molar-refractivity contribution in [1.29, 1.82) is 0 Å². The molecule has 2 aliphatic heterocycles. The Morgan fingerprint density at radius 2 is 2.12 bits per heavy atom. The molecule has 0 bridgehead atoms. The van der Waals surface area contributed by atoms with Crippen molar-refractivity contribution in [2.45, 2.75) is 64.0 Å². The summed E-state index contributed by atoms with van der Waals surface area (Å²) < 4.78 is 0. The standard InChI is InChI=1S/C13H24N2O/c1-2-11-7-6-10-15(11)13(16)12-8-4-3-5-9-14-12/h11-12,14H,2-10H2,1H3. The lowest BCUT2D eigenvalue weighted by Crippen LogP contribution is -2.47. The first-order chi connectivity index (χ1) is 7.83. The second-order valence-electron chi connectivity index (χ2n) is 5.09. The summed E-state index contributed by atoms with van der Waals surface area (Å²) in [6.07, 6.45) is 8.24. The van der Waals surface area contributed by atoms with Gasteiger partial charge in [-0.05, 0) is 38.6 Å². The van der Waals surface area contributed by atoms with Gasteiger partial charge in [-0.15, -0.1) is 0 Å². The molecule has 3 heteroatoms. The highest BCUT2D eigenvalue weighted by molar-refractivity contribution is 5.82. The molecular weight excluding hydrogens is 200 g/mol. The van der Waals surface area contributed by atoms with E-state index in [4.69, 9.17) is 0 Å². The third kappa shape index (κ3) is 2.57. The molecule has 1 amide bonds. The van der Waals surface area contributed by atoms with Crippen LogP contribution in [0.5, 0.6) is 0 Å². The van der Waals surface area contributed by atoms with Crippen LogP contribution in [0, 0.1) is 0 Å². The number of hydrogen-bond donors (Lipinski definition) is 1. The first kappa shape index (κ1) is 11.9. The summed E-state index contributed by atoms with van der Waals surface area (Å²) >= 11 is 0. The highest BCUT2D eigenvalue weighted by Crippen LogP contribution is 2.22. The molecule has 1 N–H and O–H groups in total. The maximum Gasteiger partial charge on any atom is 0.239 e. The fourth-order valence-electron chi connectivity index (χ4n) is 2.99. The molecule has 16 heavy (non-hydrogen) atoms. The zero-order valence-corrected chi connectivity index (χ0v) is 10.4. The van der Waals surface area contributed by atoms with E-state index >= 15 is 0 Å². The number of likely N-dealkylation sites (tertiary alicyclic amines) is 1. The van der Waals surface area contributed by atoms with Gasteiger partial charge in [0.25, 0.3) is 0 Å². The smallest absolute Gasteiger partial charge is 0.239 e. The van der Waals surface area contributed by atoms with E-state index < -0.39 is 0 Å². The SMILES string of the molecule is CCC1CCCN1C(=O)C1CCCCCN1.